The smallest absolute Gasteiger partial charge is 0.351 e. The van der Waals surface area contributed by atoms with Crippen LogP contribution in [0.15, 0.2) is 78.9 Å². The van der Waals surface area contributed by atoms with Crippen LogP contribution in [-0.2, 0) is 69.3 Å². The molecule has 52 nitrogen and oxygen atoms in total. The van der Waals surface area contributed by atoms with Gasteiger partial charge in [-0.3, -0.25) is 80.2 Å². The molecule has 10 aromatic rings. The number of imidazole rings is 4. The quantitative estimate of drug-likeness (QED) is 0.0263. The SMILES string of the molecule is CP(=O)(OC[C@H]1O[C@@H](n2cnc3c(=O)[nH]c(N)nc32)CC1O)OC1C[C@H](n2ccc(N)nc2=O)O[C@@H]1CO.CP(=O)(OC[C@H]1O[C@@H](n2cnc3c(=O)[nH]c(N)nc32)CC1O)OC1C[C@H](n2cnc3c(N)ncnc32)O[C@@H]1CO.Cc1cn([C@H]2CC(O)[C@@H](COP(C)(=O)OC3C[C@H](n4cnc5c(=O)[nH]c(N)nc54)O[C@@H]3CO)O2)c(=O)[nH]c1=O. The second kappa shape index (κ2) is 33.9. The Morgan fingerprint density at radius 1 is 0.436 bits per heavy atom. The molecule has 16 heterocycles. The van der Waals surface area contributed by atoms with Crippen LogP contribution in [0.2, 0.25) is 0 Å². The summed E-state index contributed by atoms with van der Waals surface area (Å²) in [4.78, 5) is 122. The van der Waals surface area contributed by atoms with Gasteiger partial charge in [-0.05, 0) is 13.0 Å². The highest BCUT2D eigenvalue weighted by atomic mass is 31.2. The number of aliphatic hydroxyl groups excluding tert-OH is 6. The van der Waals surface area contributed by atoms with Gasteiger partial charge in [0.25, 0.3) is 22.2 Å². The lowest BCUT2D eigenvalue weighted by Gasteiger charge is -2.23. The molecule has 0 bridgehead atoms. The number of nitrogens with one attached hydrogen (secondary N) is 4. The molecule has 21 atom stereocenters. The topological polar surface area (TPSA) is 738 Å². The van der Waals surface area contributed by atoms with E-state index in [1.54, 1.807) is 4.57 Å². The van der Waals surface area contributed by atoms with Gasteiger partial charge >= 0.3 is 34.2 Å². The molecule has 0 aliphatic carbocycles. The largest absolute Gasteiger partial charge is 0.394 e. The van der Waals surface area contributed by atoms with Gasteiger partial charge in [-0.15, -0.1) is 0 Å². The Balaban J connectivity index is 0.000000145. The maximum atomic E-state index is 13.3. The Morgan fingerprint density at radius 2 is 0.778 bits per heavy atom. The molecule has 0 spiro atoms. The molecular weight excluding hydrogens is 1620 g/mol. The molecule has 9 unspecified atom stereocenters. The standard InChI is InChI=1S/C21H27N10O8P.C21H28N7O10P.C20H27N8O9P/c1-40(35,39-10-3-14(37-11(10)4-32)30-7-26-15-17(22)24-6-25-18(15)30)36-5-12-9(33)2-13(38-12)31-8-27-16-19(31)28-21(23)29-20(16)34;1-9-5-27(21(33)26-18(9)31)14-3-10(30)13(37-14)7-35-39(2,34)38-11-4-15(36-12(11)6-29)28-8-23-16-17(28)24-20(22)25-19(16)32;1-38(33,37-10-5-15(35-11(10)6-29)27-3-2-13(21)24-20(27)32)34-7-12-9(30)4-14(36-12)28-8-23-16-17(28)25-19(22)26-18(16)31/h6-14,32-33H,2-5H2,1H3,(H2,22,24,25)(H3,23,28,29,34);5,8,10-15,29-30H,3-4,6-7H2,1-2H3,(H,26,31,33)(H3,22,24,25,32);2-3,8-12,14-15,29-30H,4-7H2,1H3,(H2,21,24,32)(H3,22,25,26,31)/t9?,10?,11-,12-,13-,14-,40?;10?,11?,12-,13-,14-,15-,39?;9?,10?,11-,12-,14-,15-,38?/m111/s1. The average molecular weight is 1700 g/mol. The summed E-state index contributed by atoms with van der Waals surface area (Å²) < 4.78 is 117. The summed E-state index contributed by atoms with van der Waals surface area (Å²) in [5.41, 5.74) is 26.8. The number of nitrogens with zero attached hydrogens (tertiary/aromatic N) is 16. The van der Waals surface area contributed by atoms with Gasteiger partial charge in [-0.2, -0.15) is 19.9 Å². The molecule has 20 N–H and O–H groups in total. The number of rotatable bonds is 24. The minimum absolute atomic E-state index is 0.0409. The van der Waals surface area contributed by atoms with Gasteiger partial charge in [-0.25, -0.2) is 39.5 Å². The van der Waals surface area contributed by atoms with Crippen molar-refractivity contribution >= 4 is 96.9 Å². The zero-order valence-electron chi connectivity index (χ0n) is 62.1. The number of anilines is 5. The number of aliphatic hydroxyl groups is 6. The van der Waals surface area contributed by atoms with Crippen LogP contribution in [0.1, 0.15) is 81.5 Å². The lowest BCUT2D eigenvalue weighted by Crippen LogP contribution is -2.33. The van der Waals surface area contributed by atoms with E-state index in [4.69, 9.17) is 84.2 Å². The average Bonchev–Trinajstić information content (AvgIpc) is 1.68. The highest BCUT2D eigenvalue weighted by Gasteiger charge is 2.47. The minimum Gasteiger partial charge on any atom is -0.394 e. The van der Waals surface area contributed by atoms with Gasteiger partial charge in [0, 0.05) is 76.5 Å². The van der Waals surface area contributed by atoms with E-state index in [1.807, 2.05) is 0 Å². The van der Waals surface area contributed by atoms with Crippen LogP contribution in [0.5, 0.6) is 0 Å². The number of aryl methyl sites for hydroxylation is 1. The molecule has 10 aromatic heterocycles. The number of fused-ring (bicyclic) bond motifs is 4. The van der Waals surface area contributed by atoms with Crippen LogP contribution in [-0.4, -0.2) is 261 Å². The third-order valence-corrected chi connectivity index (χ3v) is 23.5. The van der Waals surface area contributed by atoms with Crippen molar-refractivity contribution in [2.75, 3.05) is 88.3 Å². The fraction of sp³-hybridized carbons (Fsp3) is 0.548. The fourth-order valence-electron chi connectivity index (χ4n) is 14.0. The van der Waals surface area contributed by atoms with Crippen molar-refractivity contribution < 1.29 is 99.9 Å². The predicted octanol–water partition coefficient (Wildman–Crippen LogP) is -3.32. The molecule has 632 valence electrons. The predicted molar refractivity (Wildman–Crippen MR) is 400 cm³/mol. The van der Waals surface area contributed by atoms with Gasteiger partial charge in [0.2, 0.25) is 17.8 Å². The maximum Gasteiger partial charge on any atom is 0.351 e. The van der Waals surface area contributed by atoms with E-state index in [0.717, 1.165) is 0 Å². The molecule has 6 aliphatic heterocycles. The summed E-state index contributed by atoms with van der Waals surface area (Å²) in [6, 6.07) is 1.43. The Labute approximate surface area is 654 Å². The van der Waals surface area contributed by atoms with Crippen molar-refractivity contribution in [2.45, 2.75) is 156 Å². The molecule has 6 aliphatic rings. The Hall–Kier alpha value is -9.87. The van der Waals surface area contributed by atoms with Gasteiger partial charge in [0.05, 0.1) is 102 Å². The highest BCUT2D eigenvalue weighted by molar-refractivity contribution is 7.53. The molecule has 0 aromatic carbocycles. The van der Waals surface area contributed by atoms with E-state index in [9.17, 15) is 73.1 Å². The fourth-order valence-corrected chi connectivity index (χ4v) is 17.6. The van der Waals surface area contributed by atoms with E-state index < -0.39 is 187 Å². The van der Waals surface area contributed by atoms with Crippen molar-refractivity contribution in [3.8, 4) is 0 Å². The van der Waals surface area contributed by atoms with E-state index in [1.165, 1.54) is 99.9 Å². The number of nitrogen functional groups attached to an aromatic ring is 5. The summed E-state index contributed by atoms with van der Waals surface area (Å²) in [5.74, 6) is -0.0165. The van der Waals surface area contributed by atoms with Crippen molar-refractivity contribution in [1.29, 1.82) is 0 Å². The molecule has 0 radical (unpaired) electrons. The Morgan fingerprint density at radius 3 is 1.15 bits per heavy atom. The first-order valence-corrected chi connectivity index (χ1v) is 41.9. The number of hydrogen-bond donors (Lipinski definition) is 15. The second-order valence-electron chi connectivity index (χ2n) is 28.0. The summed E-state index contributed by atoms with van der Waals surface area (Å²) >= 11 is 0. The van der Waals surface area contributed by atoms with Crippen LogP contribution in [0.4, 0.5) is 29.5 Å². The first kappa shape index (κ1) is 83.6. The third kappa shape index (κ3) is 18.1. The summed E-state index contributed by atoms with van der Waals surface area (Å²) in [7, 11) is -11.2. The first-order valence-electron chi connectivity index (χ1n) is 35.9. The zero-order valence-corrected chi connectivity index (χ0v) is 64.8. The number of H-pyrrole nitrogens is 4. The van der Waals surface area contributed by atoms with Gasteiger partial charge < -0.3 is 115 Å². The van der Waals surface area contributed by atoms with Crippen molar-refractivity contribution in [2.24, 2.45) is 0 Å². The lowest BCUT2D eigenvalue weighted by atomic mass is 10.2. The number of hydrogen-bond acceptors (Lipinski definition) is 42. The summed E-state index contributed by atoms with van der Waals surface area (Å²) in [6.45, 7) is 3.14. The first-order chi connectivity index (χ1) is 55.6. The highest BCUT2D eigenvalue weighted by Crippen LogP contribution is 2.53. The molecule has 0 amide bonds. The van der Waals surface area contributed by atoms with E-state index in [-0.39, 0.29) is 121 Å². The third-order valence-electron chi connectivity index (χ3n) is 19.7. The molecule has 55 heteroatoms. The normalized spacial score (nSPS) is 28.8. The van der Waals surface area contributed by atoms with Gasteiger partial charge in [-0.1, -0.05) is 0 Å². The van der Waals surface area contributed by atoms with Crippen LogP contribution in [0.3, 0.4) is 0 Å². The van der Waals surface area contributed by atoms with Crippen molar-refractivity contribution in [3.05, 3.63) is 118 Å². The van der Waals surface area contributed by atoms with Gasteiger partial charge in [0.1, 0.15) is 91.7 Å². The second-order valence-corrected chi connectivity index (χ2v) is 34.0. The zero-order chi connectivity index (χ0) is 83.4. The maximum absolute atomic E-state index is 13.3. The lowest BCUT2D eigenvalue weighted by molar-refractivity contribution is -0.0510. The van der Waals surface area contributed by atoms with E-state index in [0.29, 0.717) is 16.7 Å². The van der Waals surface area contributed by atoms with Crippen LogP contribution in [0, 0.1) is 6.92 Å². The molecule has 117 heavy (non-hydrogen) atoms. The molecular formula is C62H82N25O27P3. The Bertz CT molecular complexity index is 5850. The van der Waals surface area contributed by atoms with Crippen LogP contribution >= 0.6 is 22.8 Å². The molecule has 6 saturated heterocycles. The molecule has 16 rings (SSSR count). The van der Waals surface area contributed by atoms with E-state index >= 15 is 0 Å². The number of nitrogens with two attached hydrogens (primary N) is 5. The Kier molecular flexibility index (Phi) is 24.2. The monoisotopic (exact) mass is 1700 g/mol. The van der Waals surface area contributed by atoms with Gasteiger partial charge in [0.15, 0.2) is 45.0 Å². The molecule has 0 saturated carbocycles. The van der Waals surface area contributed by atoms with Crippen LogP contribution in [0.25, 0.3) is 44.7 Å². The number of aromatic amines is 4. The number of ether oxygens (including phenoxy) is 6. The van der Waals surface area contributed by atoms with Crippen molar-refractivity contribution in [3.63, 3.8) is 0 Å². The molecule has 6 fully saturated rings. The van der Waals surface area contributed by atoms with Crippen LogP contribution < -0.4 is 62.3 Å². The number of aromatic nitrogens is 20. The van der Waals surface area contributed by atoms with Crippen molar-refractivity contribution in [1.82, 2.24) is 97.2 Å². The summed E-state index contributed by atoms with van der Waals surface area (Å²) in [6.07, 6.45) is -4.91. The minimum atomic E-state index is -3.77. The summed E-state index contributed by atoms with van der Waals surface area (Å²) in [5, 5.41) is 61.0. The van der Waals surface area contributed by atoms with E-state index in [2.05, 4.69) is 69.8 Å².